The van der Waals surface area contributed by atoms with E-state index < -0.39 is 6.04 Å². The Balaban J connectivity index is 1.64. The smallest absolute Gasteiger partial charge is 0.272 e. The van der Waals surface area contributed by atoms with Crippen molar-refractivity contribution < 1.29 is 9.59 Å². The highest BCUT2D eigenvalue weighted by molar-refractivity contribution is 5.91. The first kappa shape index (κ1) is 19.3. The number of fused-ring (bicyclic) bond motifs is 1. The fraction of sp³-hybridized carbons (Fsp3) is 0.238. The third-order valence-corrected chi connectivity index (χ3v) is 4.49. The Hall–Kier alpha value is -3.48. The van der Waals surface area contributed by atoms with Crippen molar-refractivity contribution in [2.24, 2.45) is 0 Å². The fourth-order valence-electron chi connectivity index (χ4n) is 3.08. The minimum absolute atomic E-state index is 0.0304. The lowest BCUT2D eigenvalue weighted by Gasteiger charge is -2.22. The summed E-state index contributed by atoms with van der Waals surface area (Å²) in [6.45, 7) is 2.12. The van der Waals surface area contributed by atoms with Crippen LogP contribution >= 0.6 is 0 Å². The Morgan fingerprint density at radius 1 is 1.07 bits per heavy atom. The Morgan fingerprint density at radius 2 is 1.71 bits per heavy atom. The van der Waals surface area contributed by atoms with E-state index in [-0.39, 0.29) is 23.8 Å². The number of aromatic nitrogens is 2. The topological polar surface area (TPSA) is 95.2 Å². The number of carbonyl (C=O) groups excluding carboxylic acids is 2. The molecule has 144 valence electrons. The van der Waals surface area contributed by atoms with E-state index in [1.54, 1.807) is 43.1 Å². The van der Waals surface area contributed by atoms with Gasteiger partial charge in [0.1, 0.15) is 6.04 Å². The average molecular weight is 378 g/mol. The minimum Gasteiger partial charge on any atom is -0.344 e. The lowest BCUT2D eigenvalue weighted by Crippen LogP contribution is -2.45. The molecule has 3 rings (SSSR count). The molecule has 0 saturated carbocycles. The number of nitrogens with one attached hydrogen (secondary N) is 2. The van der Waals surface area contributed by atoms with Crippen LogP contribution in [0.15, 0.2) is 59.4 Å². The molecule has 0 aliphatic heterocycles. The summed E-state index contributed by atoms with van der Waals surface area (Å²) in [5.41, 5.74) is 1.18. The van der Waals surface area contributed by atoms with Gasteiger partial charge < -0.3 is 10.2 Å². The summed E-state index contributed by atoms with van der Waals surface area (Å²) in [7, 11) is 1.70. The van der Waals surface area contributed by atoms with Gasteiger partial charge in [0.25, 0.3) is 5.56 Å². The van der Waals surface area contributed by atoms with Crippen molar-refractivity contribution in [3.05, 3.63) is 76.2 Å². The summed E-state index contributed by atoms with van der Waals surface area (Å²) >= 11 is 0. The first-order chi connectivity index (χ1) is 13.5. The van der Waals surface area contributed by atoms with Gasteiger partial charge in [-0.1, -0.05) is 48.5 Å². The predicted molar refractivity (Wildman–Crippen MR) is 107 cm³/mol. The van der Waals surface area contributed by atoms with Crippen molar-refractivity contribution in [2.75, 3.05) is 7.05 Å². The lowest BCUT2D eigenvalue weighted by molar-refractivity contribution is -0.135. The maximum atomic E-state index is 12.5. The third-order valence-electron chi connectivity index (χ3n) is 4.49. The molecule has 0 unspecified atom stereocenters. The Kier molecular flexibility index (Phi) is 5.84. The van der Waals surface area contributed by atoms with Gasteiger partial charge in [0, 0.05) is 19.0 Å². The SMILES string of the molecule is C[C@H](NC(=O)Cc1n[nH]c(=O)c2ccccc12)C(=O)N(C)Cc1ccccc1. The van der Waals surface area contributed by atoms with Gasteiger partial charge in [-0.15, -0.1) is 0 Å². The number of rotatable bonds is 6. The van der Waals surface area contributed by atoms with Gasteiger partial charge in [-0.3, -0.25) is 14.4 Å². The van der Waals surface area contributed by atoms with E-state index >= 15 is 0 Å². The van der Waals surface area contributed by atoms with Crippen LogP contribution in [0.25, 0.3) is 10.8 Å². The first-order valence-corrected chi connectivity index (χ1v) is 9.00. The van der Waals surface area contributed by atoms with Crippen molar-refractivity contribution in [3.8, 4) is 0 Å². The molecule has 2 amide bonds. The Bertz CT molecular complexity index is 1050. The molecule has 2 N–H and O–H groups in total. The van der Waals surface area contributed by atoms with Crippen LogP contribution in [0, 0.1) is 0 Å². The van der Waals surface area contributed by atoms with Crippen LogP contribution in [0.2, 0.25) is 0 Å². The molecule has 0 aliphatic carbocycles. The van der Waals surface area contributed by atoms with Gasteiger partial charge in [-0.25, -0.2) is 5.10 Å². The monoisotopic (exact) mass is 378 g/mol. The van der Waals surface area contributed by atoms with E-state index in [0.29, 0.717) is 23.0 Å². The standard InChI is InChI=1S/C21H22N4O3/c1-14(21(28)25(2)13-15-8-4-3-5-9-15)22-19(26)12-18-16-10-6-7-11-17(16)20(27)24-23-18/h3-11,14H,12-13H2,1-2H3,(H,22,26)(H,24,27)/t14-/m0/s1. The highest BCUT2D eigenvalue weighted by Crippen LogP contribution is 2.13. The molecular weight excluding hydrogens is 356 g/mol. The van der Waals surface area contributed by atoms with Crippen molar-refractivity contribution in [1.29, 1.82) is 0 Å². The number of H-pyrrole nitrogens is 1. The van der Waals surface area contributed by atoms with E-state index in [0.717, 1.165) is 5.56 Å². The van der Waals surface area contributed by atoms with Crippen molar-refractivity contribution in [2.45, 2.75) is 25.9 Å². The molecule has 28 heavy (non-hydrogen) atoms. The van der Waals surface area contributed by atoms with Crippen molar-refractivity contribution in [1.82, 2.24) is 20.4 Å². The quantitative estimate of drug-likeness (QED) is 0.682. The zero-order valence-corrected chi connectivity index (χ0v) is 15.8. The zero-order valence-electron chi connectivity index (χ0n) is 15.8. The second-order valence-corrected chi connectivity index (χ2v) is 6.69. The van der Waals surface area contributed by atoms with Crippen LogP contribution in [0.4, 0.5) is 0 Å². The third kappa shape index (κ3) is 4.43. The summed E-state index contributed by atoms with van der Waals surface area (Å²) in [6, 6.07) is 15.9. The Labute approximate surface area is 162 Å². The maximum absolute atomic E-state index is 12.5. The number of hydrogen-bond donors (Lipinski definition) is 2. The lowest BCUT2D eigenvalue weighted by atomic mass is 10.1. The van der Waals surface area contributed by atoms with Gasteiger partial charge in [-0.2, -0.15) is 5.10 Å². The summed E-state index contributed by atoms with van der Waals surface area (Å²) in [5.74, 6) is -0.518. The number of likely N-dealkylation sites (N-methyl/N-ethyl adjacent to an activating group) is 1. The van der Waals surface area contributed by atoms with Gasteiger partial charge >= 0.3 is 0 Å². The van der Waals surface area contributed by atoms with Crippen molar-refractivity contribution in [3.63, 3.8) is 0 Å². The average Bonchev–Trinajstić information content (AvgIpc) is 2.70. The molecule has 7 nitrogen and oxygen atoms in total. The molecule has 0 radical (unpaired) electrons. The number of benzene rings is 2. The number of amides is 2. The van der Waals surface area contributed by atoms with Gasteiger partial charge in [0.2, 0.25) is 11.8 Å². The normalized spacial score (nSPS) is 11.8. The molecule has 1 heterocycles. The predicted octanol–water partition coefficient (Wildman–Crippen LogP) is 1.63. The van der Waals surface area contributed by atoms with Crippen LogP contribution in [0.3, 0.4) is 0 Å². The van der Waals surface area contributed by atoms with Gasteiger partial charge in [-0.05, 0) is 18.6 Å². The van der Waals surface area contributed by atoms with E-state index in [1.807, 2.05) is 30.3 Å². The summed E-state index contributed by atoms with van der Waals surface area (Å²) in [5, 5.41) is 10.2. The van der Waals surface area contributed by atoms with E-state index in [4.69, 9.17) is 0 Å². The van der Waals surface area contributed by atoms with E-state index in [1.165, 1.54) is 0 Å². The maximum Gasteiger partial charge on any atom is 0.272 e. The number of aromatic amines is 1. The molecule has 1 atom stereocenters. The van der Waals surface area contributed by atoms with E-state index in [2.05, 4.69) is 15.5 Å². The molecule has 0 bridgehead atoms. The molecule has 3 aromatic rings. The van der Waals surface area contributed by atoms with Crippen molar-refractivity contribution >= 4 is 22.6 Å². The molecular formula is C21H22N4O3. The highest BCUT2D eigenvalue weighted by atomic mass is 16.2. The van der Waals surface area contributed by atoms with Gasteiger partial charge in [0.15, 0.2) is 0 Å². The molecule has 7 heteroatoms. The van der Waals surface area contributed by atoms with Gasteiger partial charge in [0.05, 0.1) is 17.5 Å². The fourth-order valence-corrected chi connectivity index (χ4v) is 3.08. The number of carbonyl (C=O) groups is 2. The zero-order chi connectivity index (χ0) is 20.1. The molecule has 2 aromatic carbocycles. The molecule has 0 aliphatic rings. The number of hydrogen-bond acceptors (Lipinski definition) is 4. The van der Waals surface area contributed by atoms with Crippen LogP contribution in [0.1, 0.15) is 18.2 Å². The minimum atomic E-state index is -0.671. The molecule has 0 fully saturated rings. The van der Waals surface area contributed by atoms with Crippen LogP contribution in [-0.4, -0.2) is 40.0 Å². The van der Waals surface area contributed by atoms with E-state index in [9.17, 15) is 14.4 Å². The second-order valence-electron chi connectivity index (χ2n) is 6.69. The number of nitrogens with zero attached hydrogens (tertiary/aromatic N) is 2. The molecule has 0 saturated heterocycles. The van der Waals surface area contributed by atoms with Crippen LogP contribution in [-0.2, 0) is 22.6 Å². The Morgan fingerprint density at radius 3 is 2.43 bits per heavy atom. The second kappa shape index (κ2) is 8.47. The highest BCUT2D eigenvalue weighted by Gasteiger charge is 2.20. The molecule has 0 spiro atoms. The first-order valence-electron chi connectivity index (χ1n) is 9.00. The summed E-state index contributed by atoms with van der Waals surface area (Å²) in [4.78, 5) is 38.4. The van der Waals surface area contributed by atoms with Crippen LogP contribution in [0.5, 0.6) is 0 Å². The largest absolute Gasteiger partial charge is 0.344 e. The molecule has 1 aromatic heterocycles. The summed E-state index contributed by atoms with van der Waals surface area (Å²) < 4.78 is 0. The summed E-state index contributed by atoms with van der Waals surface area (Å²) in [6.07, 6.45) is -0.0304. The van der Waals surface area contributed by atoms with Crippen LogP contribution < -0.4 is 10.9 Å².